The summed E-state index contributed by atoms with van der Waals surface area (Å²) in [5, 5.41) is 9.80. The highest BCUT2D eigenvalue weighted by Gasteiger charge is 2.02. The quantitative estimate of drug-likeness (QED) is 0.760. The molecule has 0 aliphatic carbocycles. The molecule has 2 aromatic carbocycles. The van der Waals surface area contributed by atoms with Crippen LogP contribution >= 0.6 is 0 Å². The first-order valence-corrected chi connectivity index (χ1v) is 6.22. The number of aromatic nitrogens is 2. The van der Waals surface area contributed by atoms with Gasteiger partial charge in [0, 0.05) is 0 Å². The summed E-state index contributed by atoms with van der Waals surface area (Å²) in [7, 11) is 0. The topological polar surface area (TPSA) is 67.2 Å². The van der Waals surface area contributed by atoms with E-state index in [0.29, 0.717) is 17.4 Å². The van der Waals surface area contributed by atoms with E-state index in [1.165, 1.54) is 11.0 Å². The fraction of sp³-hybridized carbons (Fsp3) is 0.0667. The third-order valence-electron chi connectivity index (χ3n) is 3.06. The van der Waals surface area contributed by atoms with E-state index < -0.39 is 0 Å². The van der Waals surface area contributed by atoms with E-state index in [9.17, 15) is 9.90 Å². The molecule has 0 amide bonds. The summed E-state index contributed by atoms with van der Waals surface area (Å²) >= 11 is 0. The van der Waals surface area contributed by atoms with Gasteiger partial charge in [-0.05, 0) is 29.8 Å². The molecule has 1 heterocycles. The van der Waals surface area contributed by atoms with Crippen molar-refractivity contribution >= 4 is 10.9 Å². The Morgan fingerprint density at radius 1 is 1.10 bits per heavy atom. The molecule has 0 spiro atoms. The molecular formula is C15H13N3O2. The number of hydrogen-bond donors (Lipinski definition) is 2. The number of hydrogen-bond acceptors (Lipinski definition) is 4. The van der Waals surface area contributed by atoms with Gasteiger partial charge in [0.1, 0.15) is 12.1 Å². The van der Waals surface area contributed by atoms with Crippen molar-refractivity contribution in [3.63, 3.8) is 0 Å². The van der Waals surface area contributed by atoms with E-state index in [-0.39, 0.29) is 11.3 Å². The van der Waals surface area contributed by atoms with Gasteiger partial charge in [0.15, 0.2) is 0 Å². The van der Waals surface area contributed by atoms with Crippen LogP contribution in [0.25, 0.3) is 10.9 Å². The van der Waals surface area contributed by atoms with E-state index in [4.69, 9.17) is 0 Å². The molecule has 3 aromatic rings. The molecule has 20 heavy (non-hydrogen) atoms. The Balaban J connectivity index is 1.86. The third kappa shape index (κ3) is 2.33. The maximum absolute atomic E-state index is 12.2. The van der Waals surface area contributed by atoms with Crippen molar-refractivity contribution in [2.45, 2.75) is 6.54 Å². The van der Waals surface area contributed by atoms with Crippen LogP contribution in [0.3, 0.4) is 0 Å². The van der Waals surface area contributed by atoms with Gasteiger partial charge in [-0.1, -0.05) is 24.3 Å². The number of aromatic hydroxyl groups is 1. The average Bonchev–Trinajstić information content (AvgIpc) is 2.49. The number of fused-ring (bicyclic) bond motifs is 1. The van der Waals surface area contributed by atoms with Crippen LogP contribution in [0.15, 0.2) is 59.7 Å². The zero-order valence-corrected chi connectivity index (χ0v) is 10.7. The smallest absolute Gasteiger partial charge is 0.279 e. The van der Waals surface area contributed by atoms with Gasteiger partial charge in [0.2, 0.25) is 0 Å². The van der Waals surface area contributed by atoms with E-state index in [1.807, 2.05) is 12.1 Å². The Labute approximate surface area is 115 Å². The fourth-order valence-corrected chi connectivity index (χ4v) is 1.97. The van der Waals surface area contributed by atoms with Crippen LogP contribution in [0.1, 0.15) is 5.56 Å². The lowest BCUT2D eigenvalue weighted by Crippen LogP contribution is -2.28. The van der Waals surface area contributed by atoms with E-state index in [1.54, 1.807) is 36.4 Å². The summed E-state index contributed by atoms with van der Waals surface area (Å²) in [6.45, 7) is 0.472. The number of phenolic OH excluding ortho intramolecular Hbond substituents is 1. The second-order valence-electron chi connectivity index (χ2n) is 4.44. The van der Waals surface area contributed by atoms with Gasteiger partial charge in [-0.3, -0.25) is 4.79 Å². The third-order valence-corrected chi connectivity index (χ3v) is 3.06. The van der Waals surface area contributed by atoms with Gasteiger partial charge >= 0.3 is 0 Å². The minimum Gasteiger partial charge on any atom is -0.508 e. The fourth-order valence-electron chi connectivity index (χ4n) is 1.97. The van der Waals surface area contributed by atoms with Crippen molar-refractivity contribution in [1.29, 1.82) is 0 Å². The van der Waals surface area contributed by atoms with Gasteiger partial charge < -0.3 is 10.5 Å². The first-order chi connectivity index (χ1) is 9.74. The normalized spacial score (nSPS) is 10.6. The molecule has 0 fully saturated rings. The molecule has 3 rings (SSSR count). The van der Waals surface area contributed by atoms with Crippen LogP contribution in [-0.2, 0) is 6.54 Å². The van der Waals surface area contributed by atoms with E-state index in [0.717, 1.165) is 5.56 Å². The lowest BCUT2D eigenvalue weighted by Gasteiger charge is -2.09. The molecule has 0 saturated carbocycles. The second-order valence-corrected chi connectivity index (χ2v) is 4.44. The number of nitrogens with zero attached hydrogens (tertiary/aromatic N) is 2. The van der Waals surface area contributed by atoms with Gasteiger partial charge in [0.05, 0.1) is 17.4 Å². The van der Waals surface area contributed by atoms with Crippen molar-refractivity contribution in [3.05, 3.63) is 70.8 Å². The number of phenols is 1. The first-order valence-electron chi connectivity index (χ1n) is 6.22. The predicted octanol–water partition coefficient (Wildman–Crippen LogP) is 1.85. The molecule has 0 radical (unpaired) electrons. The summed E-state index contributed by atoms with van der Waals surface area (Å²) in [6.07, 6.45) is 1.48. The summed E-state index contributed by atoms with van der Waals surface area (Å²) in [5.74, 6) is 0.221. The lowest BCUT2D eigenvalue weighted by molar-refractivity contribution is 0.475. The SMILES string of the molecule is O=c1c2ccccc2ncn1NCc1ccc(O)cc1. The molecule has 5 heteroatoms. The molecule has 5 nitrogen and oxygen atoms in total. The Hall–Kier alpha value is -2.82. The van der Waals surface area contributed by atoms with Gasteiger partial charge in [-0.25, -0.2) is 9.66 Å². The molecule has 0 aliphatic rings. The summed E-state index contributed by atoms with van der Waals surface area (Å²) in [4.78, 5) is 16.5. The molecule has 0 bridgehead atoms. The number of rotatable bonds is 3. The Bertz CT molecular complexity index is 794. The molecule has 2 N–H and O–H groups in total. The summed E-state index contributed by atoms with van der Waals surface area (Å²) in [5.41, 5.74) is 4.51. The van der Waals surface area contributed by atoms with Crippen LogP contribution in [0.5, 0.6) is 5.75 Å². The summed E-state index contributed by atoms with van der Waals surface area (Å²) in [6, 6.07) is 14.0. The zero-order valence-electron chi connectivity index (χ0n) is 10.7. The molecule has 0 atom stereocenters. The molecule has 0 saturated heterocycles. The van der Waals surface area contributed by atoms with E-state index in [2.05, 4.69) is 10.4 Å². The number of benzene rings is 2. The highest BCUT2D eigenvalue weighted by atomic mass is 16.3. The monoisotopic (exact) mass is 267 g/mol. The standard InChI is InChI=1S/C15H13N3O2/c19-12-7-5-11(6-8-12)9-17-18-10-16-14-4-2-1-3-13(14)15(18)20/h1-8,10,17,19H,9H2. The van der Waals surface area contributed by atoms with Crippen LogP contribution in [-0.4, -0.2) is 14.8 Å². The maximum atomic E-state index is 12.2. The molecule has 0 aliphatic heterocycles. The van der Waals surface area contributed by atoms with Crippen LogP contribution in [0.4, 0.5) is 0 Å². The first kappa shape index (κ1) is 12.2. The van der Waals surface area contributed by atoms with Gasteiger partial charge in [-0.2, -0.15) is 0 Å². The Morgan fingerprint density at radius 2 is 1.85 bits per heavy atom. The molecular weight excluding hydrogens is 254 g/mol. The predicted molar refractivity (Wildman–Crippen MR) is 77.2 cm³/mol. The van der Waals surface area contributed by atoms with Crippen LogP contribution in [0.2, 0.25) is 0 Å². The Morgan fingerprint density at radius 3 is 2.65 bits per heavy atom. The largest absolute Gasteiger partial charge is 0.508 e. The summed E-state index contributed by atoms with van der Waals surface area (Å²) < 4.78 is 1.37. The van der Waals surface area contributed by atoms with Gasteiger partial charge in [-0.15, -0.1) is 0 Å². The minimum atomic E-state index is -0.130. The highest BCUT2D eigenvalue weighted by Crippen LogP contribution is 2.09. The van der Waals surface area contributed by atoms with Crippen LogP contribution < -0.4 is 11.0 Å². The van der Waals surface area contributed by atoms with Crippen molar-refractivity contribution in [2.24, 2.45) is 0 Å². The minimum absolute atomic E-state index is 0.130. The highest BCUT2D eigenvalue weighted by molar-refractivity contribution is 5.76. The second kappa shape index (κ2) is 5.05. The van der Waals surface area contributed by atoms with Gasteiger partial charge in [0.25, 0.3) is 5.56 Å². The van der Waals surface area contributed by atoms with Crippen molar-refractivity contribution < 1.29 is 5.11 Å². The lowest BCUT2D eigenvalue weighted by atomic mass is 10.2. The maximum Gasteiger partial charge on any atom is 0.279 e. The zero-order chi connectivity index (χ0) is 13.9. The number of nitrogens with one attached hydrogen (secondary N) is 1. The number of para-hydroxylation sites is 1. The Kier molecular flexibility index (Phi) is 3.09. The molecule has 0 unspecified atom stereocenters. The van der Waals surface area contributed by atoms with E-state index >= 15 is 0 Å². The molecule has 1 aromatic heterocycles. The van der Waals surface area contributed by atoms with Crippen molar-refractivity contribution in [3.8, 4) is 5.75 Å². The molecule has 100 valence electrons. The van der Waals surface area contributed by atoms with Crippen molar-refractivity contribution in [2.75, 3.05) is 5.43 Å². The van der Waals surface area contributed by atoms with Crippen molar-refractivity contribution in [1.82, 2.24) is 9.66 Å². The average molecular weight is 267 g/mol. The van der Waals surface area contributed by atoms with Crippen LogP contribution in [0, 0.1) is 0 Å².